The number of nitrogens with one attached hydrogen (secondary N) is 1. The predicted molar refractivity (Wildman–Crippen MR) is 133 cm³/mol. The van der Waals surface area contributed by atoms with Crippen LogP contribution in [0.3, 0.4) is 0 Å². The highest BCUT2D eigenvalue weighted by atomic mass is 35.5. The van der Waals surface area contributed by atoms with Gasteiger partial charge < -0.3 is 19.9 Å². The number of halogens is 1. The summed E-state index contributed by atoms with van der Waals surface area (Å²) in [6.07, 6.45) is 1.07. The Morgan fingerprint density at radius 3 is 2.79 bits per heavy atom. The monoisotopic (exact) mass is 514 g/mol. The van der Waals surface area contributed by atoms with Gasteiger partial charge in [-0.1, -0.05) is 41.6 Å². The Balaban J connectivity index is 1.45. The van der Waals surface area contributed by atoms with Crippen LogP contribution in [0.15, 0.2) is 74.9 Å². The lowest BCUT2D eigenvalue weighted by Gasteiger charge is -2.37. The number of carbonyl (C=O) groups is 1. The van der Waals surface area contributed by atoms with Crippen molar-refractivity contribution in [1.82, 2.24) is 10.3 Å². The molecule has 1 unspecified atom stereocenters. The van der Waals surface area contributed by atoms with Gasteiger partial charge in [0.25, 0.3) is 5.91 Å². The van der Waals surface area contributed by atoms with Gasteiger partial charge in [0.05, 0.1) is 30.5 Å². The third-order valence-corrected chi connectivity index (χ3v) is 8.26. The fourth-order valence-electron chi connectivity index (χ4n) is 4.00. The highest BCUT2D eigenvalue weighted by molar-refractivity contribution is 8.04. The number of ether oxygens (including phenoxy) is 2. The van der Waals surface area contributed by atoms with Crippen molar-refractivity contribution in [2.45, 2.75) is 23.3 Å². The van der Waals surface area contributed by atoms with Crippen LogP contribution in [-0.4, -0.2) is 35.8 Å². The molecule has 0 saturated carbocycles. The number of thioether (sulfide) groups is 1. The normalized spacial score (nSPS) is 20.7. The van der Waals surface area contributed by atoms with Crippen LogP contribution in [0, 0.1) is 5.92 Å². The second-order valence-corrected chi connectivity index (χ2v) is 10.5. The van der Waals surface area contributed by atoms with Gasteiger partial charge >= 0.3 is 0 Å². The molecule has 3 aromatic rings. The molecular formula is C25H23ClN2O4S2. The number of aliphatic hydroxyl groups is 1. The van der Waals surface area contributed by atoms with E-state index in [1.165, 1.54) is 11.3 Å². The summed E-state index contributed by atoms with van der Waals surface area (Å²) in [7, 11) is 0. The first-order valence-corrected chi connectivity index (χ1v) is 13.1. The molecule has 0 spiro atoms. The molecule has 34 heavy (non-hydrogen) atoms. The van der Waals surface area contributed by atoms with E-state index in [4.69, 9.17) is 26.1 Å². The van der Waals surface area contributed by atoms with Crippen LogP contribution in [0.5, 0.6) is 5.88 Å². The molecule has 1 amide bonds. The molecular weight excluding hydrogens is 492 g/mol. The van der Waals surface area contributed by atoms with E-state index in [0.717, 1.165) is 37.0 Å². The zero-order valence-electron chi connectivity index (χ0n) is 18.2. The van der Waals surface area contributed by atoms with Crippen molar-refractivity contribution >= 4 is 40.6 Å². The minimum Gasteiger partial charge on any atom is -0.511 e. The number of rotatable bonds is 8. The maximum absolute atomic E-state index is 13.3. The van der Waals surface area contributed by atoms with E-state index < -0.39 is 5.54 Å². The van der Waals surface area contributed by atoms with E-state index in [2.05, 4.69) is 5.32 Å². The highest BCUT2D eigenvalue weighted by Gasteiger charge is 2.44. The number of benzene rings is 1. The average Bonchev–Trinajstić information content (AvgIpc) is 3.35. The van der Waals surface area contributed by atoms with Gasteiger partial charge in [-0.3, -0.25) is 4.79 Å². The van der Waals surface area contributed by atoms with Crippen molar-refractivity contribution in [2.24, 2.45) is 5.92 Å². The van der Waals surface area contributed by atoms with Gasteiger partial charge in [0.2, 0.25) is 5.88 Å². The fourth-order valence-corrected chi connectivity index (χ4v) is 5.85. The van der Waals surface area contributed by atoms with E-state index in [-0.39, 0.29) is 23.0 Å². The molecule has 0 aliphatic carbocycles. The molecule has 1 fully saturated rings. The van der Waals surface area contributed by atoms with Gasteiger partial charge in [-0.15, -0.1) is 0 Å². The molecule has 9 heteroatoms. The van der Waals surface area contributed by atoms with Gasteiger partial charge in [0.15, 0.2) is 0 Å². The summed E-state index contributed by atoms with van der Waals surface area (Å²) in [5.41, 5.74) is 0.458. The molecule has 1 aromatic carbocycles. The SMILES string of the molecule is O=C1NC(c2ccsc2)(c2cccc(OCCC3COC3)n2)CC(O)=C1Sc1ccccc1Cl. The summed E-state index contributed by atoms with van der Waals surface area (Å²) in [5.74, 6) is 0.645. The van der Waals surface area contributed by atoms with Crippen LogP contribution in [-0.2, 0) is 15.1 Å². The summed E-state index contributed by atoms with van der Waals surface area (Å²) in [6, 6.07) is 14.7. The Kier molecular flexibility index (Phi) is 6.83. The summed E-state index contributed by atoms with van der Waals surface area (Å²) < 4.78 is 11.1. The number of hydrogen-bond acceptors (Lipinski definition) is 7. The van der Waals surface area contributed by atoms with Crippen LogP contribution in [0.2, 0.25) is 5.02 Å². The van der Waals surface area contributed by atoms with Crippen molar-refractivity contribution in [3.8, 4) is 5.88 Å². The van der Waals surface area contributed by atoms with Crippen LogP contribution in [0.4, 0.5) is 0 Å². The van der Waals surface area contributed by atoms with Crippen LogP contribution >= 0.6 is 34.7 Å². The van der Waals surface area contributed by atoms with E-state index in [1.807, 2.05) is 47.2 Å². The molecule has 2 aliphatic heterocycles. The molecule has 2 aromatic heterocycles. The number of aliphatic hydroxyl groups excluding tert-OH is 1. The number of aromatic nitrogens is 1. The number of amides is 1. The van der Waals surface area contributed by atoms with Crippen molar-refractivity contribution < 1.29 is 19.4 Å². The standard InChI is InChI=1S/C25H23ClN2O4S2/c26-18-4-1-2-5-20(18)34-23-19(29)12-25(28-24(23)30,17-9-11-33-15-17)21-6-3-7-22(27-21)32-10-8-16-13-31-14-16/h1-7,9,11,15-16,29H,8,10,12-14H2,(H,28,30). The lowest BCUT2D eigenvalue weighted by atomic mass is 9.82. The molecule has 1 atom stereocenters. The Bertz CT molecular complexity index is 1210. The smallest absolute Gasteiger partial charge is 0.262 e. The first kappa shape index (κ1) is 23.2. The molecule has 1 saturated heterocycles. The molecule has 5 rings (SSSR count). The number of carbonyl (C=O) groups excluding carboxylic acids is 1. The van der Waals surface area contributed by atoms with Gasteiger partial charge in [-0.2, -0.15) is 11.3 Å². The second kappa shape index (κ2) is 10.00. The van der Waals surface area contributed by atoms with E-state index >= 15 is 0 Å². The highest BCUT2D eigenvalue weighted by Crippen LogP contribution is 2.44. The van der Waals surface area contributed by atoms with Crippen molar-refractivity contribution in [3.63, 3.8) is 0 Å². The third-order valence-electron chi connectivity index (χ3n) is 5.93. The topological polar surface area (TPSA) is 80.7 Å². The molecule has 2 N–H and O–H groups in total. The molecule has 2 aliphatic rings. The van der Waals surface area contributed by atoms with Crippen LogP contribution in [0.25, 0.3) is 0 Å². The maximum atomic E-state index is 13.3. The Hall–Kier alpha value is -2.52. The van der Waals surface area contributed by atoms with Crippen molar-refractivity contribution in [2.75, 3.05) is 19.8 Å². The molecule has 0 bridgehead atoms. The summed E-state index contributed by atoms with van der Waals surface area (Å²) >= 11 is 8.96. The number of thiophene rings is 1. The summed E-state index contributed by atoms with van der Waals surface area (Å²) in [6.45, 7) is 2.11. The lowest BCUT2D eigenvalue weighted by molar-refractivity contribution is -0.119. The minimum absolute atomic E-state index is 0.00188. The van der Waals surface area contributed by atoms with Crippen molar-refractivity contribution in [1.29, 1.82) is 0 Å². The van der Waals surface area contributed by atoms with E-state index in [9.17, 15) is 9.90 Å². The van der Waals surface area contributed by atoms with Gasteiger partial charge in [0.1, 0.15) is 16.2 Å². The average molecular weight is 515 g/mol. The van der Waals surface area contributed by atoms with Gasteiger partial charge in [0, 0.05) is 23.3 Å². The maximum Gasteiger partial charge on any atom is 0.262 e. The number of hydrogen-bond donors (Lipinski definition) is 2. The lowest BCUT2D eigenvalue weighted by Crippen LogP contribution is -2.50. The largest absolute Gasteiger partial charge is 0.511 e. The summed E-state index contributed by atoms with van der Waals surface area (Å²) in [4.78, 5) is 19.0. The molecule has 0 radical (unpaired) electrons. The predicted octanol–water partition coefficient (Wildman–Crippen LogP) is 5.54. The first-order chi connectivity index (χ1) is 16.5. The van der Waals surface area contributed by atoms with Gasteiger partial charge in [-0.25, -0.2) is 4.98 Å². The Morgan fingerprint density at radius 2 is 2.09 bits per heavy atom. The van der Waals surface area contributed by atoms with Crippen LogP contribution in [0.1, 0.15) is 24.1 Å². The van der Waals surface area contributed by atoms with Crippen LogP contribution < -0.4 is 10.1 Å². The first-order valence-electron chi connectivity index (χ1n) is 10.9. The Labute approximate surface area is 211 Å². The van der Waals surface area contributed by atoms with Crippen molar-refractivity contribution in [3.05, 3.63) is 86.2 Å². The number of pyridine rings is 1. The van der Waals surface area contributed by atoms with E-state index in [0.29, 0.717) is 34.0 Å². The molecule has 176 valence electrons. The zero-order chi connectivity index (χ0) is 23.5. The quantitative estimate of drug-likeness (QED) is 0.411. The minimum atomic E-state index is -1.01. The zero-order valence-corrected chi connectivity index (χ0v) is 20.6. The molecule has 4 heterocycles. The molecule has 6 nitrogen and oxygen atoms in total. The Morgan fingerprint density at radius 1 is 1.24 bits per heavy atom. The fraction of sp³-hybridized carbons (Fsp3) is 0.280. The van der Waals surface area contributed by atoms with E-state index in [1.54, 1.807) is 12.1 Å². The second-order valence-electron chi connectivity index (χ2n) is 8.26. The number of nitrogens with zero attached hydrogens (tertiary/aromatic N) is 1. The summed E-state index contributed by atoms with van der Waals surface area (Å²) in [5, 5.41) is 18.7. The third kappa shape index (κ3) is 4.68. The van der Waals surface area contributed by atoms with Gasteiger partial charge in [-0.05, 0) is 47.0 Å².